The van der Waals surface area contributed by atoms with Crippen molar-refractivity contribution < 1.29 is 14.8 Å². The summed E-state index contributed by atoms with van der Waals surface area (Å²) in [6.45, 7) is 4.41. The Kier molecular flexibility index (Phi) is 5.63. The van der Waals surface area contributed by atoms with Crippen molar-refractivity contribution in [3.8, 4) is 10.6 Å². The first-order chi connectivity index (χ1) is 11.3. The van der Waals surface area contributed by atoms with E-state index in [1.165, 1.54) is 23.5 Å². The molecule has 0 aliphatic rings. The van der Waals surface area contributed by atoms with Crippen molar-refractivity contribution in [2.24, 2.45) is 5.41 Å². The monoisotopic (exact) mass is 349 g/mol. The van der Waals surface area contributed by atoms with Crippen LogP contribution in [0.5, 0.6) is 0 Å². The maximum absolute atomic E-state index is 12.2. The predicted octanol–water partition coefficient (Wildman–Crippen LogP) is 2.86. The van der Waals surface area contributed by atoms with Crippen molar-refractivity contribution in [2.45, 2.75) is 20.3 Å². The molecule has 2 rings (SSSR count). The highest BCUT2D eigenvalue weighted by molar-refractivity contribution is 7.13. The largest absolute Gasteiger partial charge is 0.396 e. The number of aliphatic hydroxyl groups excluding tert-OH is 1. The Morgan fingerprint density at radius 3 is 2.88 bits per heavy atom. The van der Waals surface area contributed by atoms with E-state index in [2.05, 4.69) is 10.3 Å². The number of rotatable bonds is 7. The van der Waals surface area contributed by atoms with Gasteiger partial charge in [0.15, 0.2) is 0 Å². The molecule has 0 spiro atoms. The number of hydrogen-bond donors (Lipinski definition) is 2. The van der Waals surface area contributed by atoms with E-state index in [1.54, 1.807) is 17.5 Å². The molecule has 8 heteroatoms. The van der Waals surface area contributed by atoms with Gasteiger partial charge in [-0.25, -0.2) is 4.98 Å². The smallest absolute Gasteiger partial charge is 0.270 e. The number of aliphatic hydroxyl groups is 1. The van der Waals surface area contributed by atoms with Gasteiger partial charge in [0.1, 0.15) is 10.7 Å². The quantitative estimate of drug-likeness (QED) is 0.590. The van der Waals surface area contributed by atoms with E-state index in [-0.39, 0.29) is 29.3 Å². The number of nitrogens with zero attached hydrogens (tertiary/aromatic N) is 2. The molecular weight excluding hydrogens is 330 g/mol. The van der Waals surface area contributed by atoms with Gasteiger partial charge in [0.25, 0.3) is 11.6 Å². The van der Waals surface area contributed by atoms with E-state index in [9.17, 15) is 14.9 Å². The second kappa shape index (κ2) is 7.50. The van der Waals surface area contributed by atoms with Crippen LogP contribution in [-0.2, 0) is 0 Å². The van der Waals surface area contributed by atoms with Gasteiger partial charge in [-0.05, 0) is 11.8 Å². The molecule has 128 valence electrons. The molecule has 24 heavy (non-hydrogen) atoms. The summed E-state index contributed by atoms with van der Waals surface area (Å²) in [5, 5.41) is 24.8. The van der Waals surface area contributed by atoms with Gasteiger partial charge in [-0.2, -0.15) is 0 Å². The molecule has 0 aliphatic heterocycles. The average Bonchev–Trinajstić information content (AvgIpc) is 3.03. The number of hydrogen-bond acceptors (Lipinski definition) is 6. The number of non-ortho nitro benzene ring substituents is 1. The Hall–Kier alpha value is -2.32. The minimum Gasteiger partial charge on any atom is -0.396 e. The fourth-order valence-corrected chi connectivity index (χ4v) is 2.86. The standard InChI is InChI=1S/C16H19N3O4S/c1-16(2,6-7-20)10-17-14(21)13-9-24-15(18-13)11-4-3-5-12(8-11)19(22)23/h3-5,8-9,20H,6-7,10H2,1-2H3,(H,17,21). The van der Waals surface area contributed by atoms with E-state index >= 15 is 0 Å². The Morgan fingerprint density at radius 1 is 1.46 bits per heavy atom. The van der Waals surface area contributed by atoms with Crippen LogP contribution in [0, 0.1) is 15.5 Å². The van der Waals surface area contributed by atoms with E-state index in [0.29, 0.717) is 23.5 Å². The van der Waals surface area contributed by atoms with Gasteiger partial charge in [0.05, 0.1) is 4.92 Å². The number of carbonyl (C=O) groups is 1. The number of carbonyl (C=O) groups excluding carboxylic acids is 1. The molecule has 0 aliphatic carbocycles. The van der Waals surface area contributed by atoms with Gasteiger partial charge in [-0.15, -0.1) is 11.3 Å². The van der Waals surface area contributed by atoms with Crippen LogP contribution in [0.15, 0.2) is 29.6 Å². The van der Waals surface area contributed by atoms with Crippen molar-refractivity contribution >= 4 is 22.9 Å². The molecule has 0 atom stereocenters. The Bertz CT molecular complexity index is 742. The highest BCUT2D eigenvalue weighted by atomic mass is 32.1. The van der Waals surface area contributed by atoms with Gasteiger partial charge in [0, 0.05) is 36.2 Å². The number of nitro groups is 1. The molecule has 1 heterocycles. The number of nitrogens with one attached hydrogen (secondary N) is 1. The number of benzene rings is 1. The highest BCUT2D eigenvalue weighted by Gasteiger charge is 2.20. The molecule has 0 fully saturated rings. The van der Waals surface area contributed by atoms with Crippen molar-refractivity contribution in [1.29, 1.82) is 0 Å². The first-order valence-electron chi connectivity index (χ1n) is 7.42. The molecule has 1 aromatic carbocycles. The van der Waals surface area contributed by atoms with Crippen LogP contribution in [0.3, 0.4) is 0 Å². The predicted molar refractivity (Wildman–Crippen MR) is 92.0 cm³/mol. The van der Waals surface area contributed by atoms with Crippen LogP contribution in [0.4, 0.5) is 5.69 Å². The zero-order valence-electron chi connectivity index (χ0n) is 13.5. The summed E-state index contributed by atoms with van der Waals surface area (Å²) >= 11 is 1.26. The molecule has 7 nitrogen and oxygen atoms in total. The molecule has 1 amide bonds. The van der Waals surface area contributed by atoms with Gasteiger partial charge in [-0.1, -0.05) is 26.0 Å². The summed E-state index contributed by atoms with van der Waals surface area (Å²) in [6, 6.07) is 6.16. The van der Waals surface area contributed by atoms with Crippen molar-refractivity contribution in [1.82, 2.24) is 10.3 Å². The Morgan fingerprint density at radius 2 is 2.21 bits per heavy atom. The summed E-state index contributed by atoms with van der Waals surface area (Å²) < 4.78 is 0. The molecule has 0 radical (unpaired) electrons. The van der Waals surface area contributed by atoms with Gasteiger partial charge >= 0.3 is 0 Å². The summed E-state index contributed by atoms with van der Waals surface area (Å²) in [4.78, 5) is 26.8. The summed E-state index contributed by atoms with van der Waals surface area (Å²) in [6.07, 6.45) is 0.587. The molecule has 0 bridgehead atoms. The van der Waals surface area contributed by atoms with E-state index in [0.717, 1.165) is 0 Å². The molecular formula is C16H19N3O4S. The normalized spacial score (nSPS) is 11.3. The van der Waals surface area contributed by atoms with Crippen LogP contribution in [0.2, 0.25) is 0 Å². The lowest BCUT2D eigenvalue weighted by Gasteiger charge is -2.23. The van der Waals surface area contributed by atoms with Crippen LogP contribution >= 0.6 is 11.3 Å². The van der Waals surface area contributed by atoms with E-state index in [1.807, 2.05) is 13.8 Å². The summed E-state index contributed by atoms with van der Waals surface area (Å²) in [5.74, 6) is -0.297. The molecule has 1 aromatic heterocycles. The van der Waals surface area contributed by atoms with Gasteiger partial charge < -0.3 is 10.4 Å². The molecule has 2 aromatic rings. The van der Waals surface area contributed by atoms with Crippen molar-refractivity contribution in [2.75, 3.05) is 13.2 Å². The highest BCUT2D eigenvalue weighted by Crippen LogP contribution is 2.27. The third-order valence-electron chi connectivity index (χ3n) is 3.56. The lowest BCUT2D eigenvalue weighted by Crippen LogP contribution is -2.34. The Balaban J connectivity index is 2.09. The summed E-state index contributed by atoms with van der Waals surface area (Å²) in [5.41, 5.74) is 0.665. The Labute approximate surface area is 143 Å². The average molecular weight is 349 g/mol. The number of thiazole rings is 1. The maximum atomic E-state index is 12.2. The lowest BCUT2D eigenvalue weighted by atomic mass is 9.90. The van der Waals surface area contributed by atoms with Gasteiger partial charge in [-0.3, -0.25) is 14.9 Å². The first kappa shape index (κ1) is 18.0. The minimum atomic E-state index is -0.464. The van der Waals surface area contributed by atoms with Crippen molar-refractivity contribution in [3.05, 3.63) is 45.5 Å². The van der Waals surface area contributed by atoms with Crippen molar-refractivity contribution in [3.63, 3.8) is 0 Å². The number of nitro benzene ring substituents is 1. The van der Waals surface area contributed by atoms with Crippen LogP contribution in [0.1, 0.15) is 30.8 Å². The fraction of sp³-hybridized carbons (Fsp3) is 0.375. The number of aromatic nitrogens is 1. The van der Waals surface area contributed by atoms with Gasteiger partial charge in [0.2, 0.25) is 0 Å². The molecule has 0 unspecified atom stereocenters. The molecule has 2 N–H and O–H groups in total. The second-order valence-corrected chi connectivity index (χ2v) is 7.02. The van der Waals surface area contributed by atoms with Crippen LogP contribution < -0.4 is 5.32 Å². The zero-order chi connectivity index (χ0) is 17.7. The molecule has 0 saturated carbocycles. The van der Waals surface area contributed by atoms with Crippen LogP contribution in [0.25, 0.3) is 10.6 Å². The maximum Gasteiger partial charge on any atom is 0.270 e. The van der Waals surface area contributed by atoms with E-state index in [4.69, 9.17) is 5.11 Å². The molecule has 0 saturated heterocycles. The fourth-order valence-electron chi connectivity index (χ4n) is 2.06. The summed E-state index contributed by atoms with van der Waals surface area (Å²) in [7, 11) is 0. The van der Waals surface area contributed by atoms with E-state index < -0.39 is 4.92 Å². The lowest BCUT2D eigenvalue weighted by molar-refractivity contribution is -0.384. The second-order valence-electron chi connectivity index (χ2n) is 6.17. The minimum absolute atomic E-state index is 0.0144. The number of amides is 1. The SMILES string of the molecule is CC(C)(CCO)CNC(=O)c1csc(-c2cccc([N+](=O)[O-])c2)n1. The first-order valence-corrected chi connectivity index (χ1v) is 8.30. The van der Waals surface area contributed by atoms with Crippen LogP contribution in [-0.4, -0.2) is 34.1 Å². The third-order valence-corrected chi connectivity index (χ3v) is 4.45. The third kappa shape index (κ3) is 4.59. The zero-order valence-corrected chi connectivity index (χ0v) is 14.3. The topological polar surface area (TPSA) is 105 Å².